The van der Waals surface area contributed by atoms with Gasteiger partial charge in [0.15, 0.2) is 11.6 Å². The number of carbonyl (C=O) groups excluding carboxylic acids is 2. The van der Waals surface area contributed by atoms with Crippen molar-refractivity contribution in [2.45, 2.75) is 53.4 Å². The van der Waals surface area contributed by atoms with Crippen molar-refractivity contribution in [1.29, 1.82) is 0 Å². The molecule has 0 aromatic carbocycles. The molecule has 0 aromatic rings. The predicted molar refractivity (Wildman–Crippen MR) is 105 cm³/mol. The van der Waals surface area contributed by atoms with E-state index in [1.165, 1.54) is 11.1 Å². The molecule has 0 aliphatic heterocycles. The molecule has 4 aliphatic carbocycles. The maximum Gasteiger partial charge on any atom is 0.178 e. The number of rotatable bonds is 2. The predicted octanol–water partition coefficient (Wildman–Crippen LogP) is 5.27. The van der Waals surface area contributed by atoms with E-state index in [1.54, 1.807) is 6.08 Å². The molecule has 1 unspecified atom stereocenters. The van der Waals surface area contributed by atoms with Gasteiger partial charge in [0.2, 0.25) is 0 Å². The number of ketones is 2. The van der Waals surface area contributed by atoms with Crippen molar-refractivity contribution in [3.63, 3.8) is 0 Å². The van der Waals surface area contributed by atoms with Crippen LogP contribution in [0.1, 0.15) is 53.4 Å². The Morgan fingerprint density at radius 1 is 1.31 bits per heavy atom. The van der Waals surface area contributed by atoms with Crippen molar-refractivity contribution >= 4 is 23.2 Å². The third kappa shape index (κ3) is 2.06. The SMILES string of the molecule is CC1C[C@H]2[C@@H]3CCC4=CC(=O)C=C[C@]4(C)C3=CC[C@]2(C)[C@@]1(C)C(=O)CCl. The summed E-state index contributed by atoms with van der Waals surface area (Å²) in [7, 11) is 0. The van der Waals surface area contributed by atoms with Gasteiger partial charge in [-0.3, -0.25) is 9.59 Å². The quantitative estimate of drug-likeness (QED) is 0.488. The van der Waals surface area contributed by atoms with E-state index >= 15 is 0 Å². The Hall–Kier alpha value is -1.15. The summed E-state index contributed by atoms with van der Waals surface area (Å²) in [5, 5.41) is 0. The Kier molecular flexibility index (Phi) is 3.98. The van der Waals surface area contributed by atoms with Crippen LogP contribution in [-0.4, -0.2) is 17.4 Å². The second-order valence-electron chi connectivity index (χ2n) is 9.54. The zero-order valence-electron chi connectivity index (χ0n) is 16.3. The molecule has 0 amide bonds. The molecular weight excluding hydrogens is 344 g/mol. The lowest BCUT2D eigenvalue weighted by molar-refractivity contribution is -0.135. The lowest BCUT2D eigenvalue weighted by atomic mass is 9.49. The second kappa shape index (κ2) is 5.67. The van der Waals surface area contributed by atoms with Crippen molar-refractivity contribution < 1.29 is 9.59 Å². The average molecular weight is 373 g/mol. The minimum Gasteiger partial charge on any atom is -0.298 e. The van der Waals surface area contributed by atoms with Gasteiger partial charge in [-0.25, -0.2) is 0 Å². The number of hydrogen-bond donors (Lipinski definition) is 0. The highest BCUT2D eigenvalue weighted by molar-refractivity contribution is 6.28. The molecule has 26 heavy (non-hydrogen) atoms. The van der Waals surface area contributed by atoms with Crippen LogP contribution in [0, 0.1) is 34.0 Å². The fraction of sp³-hybridized carbons (Fsp3) is 0.652. The fourth-order valence-electron chi connectivity index (χ4n) is 6.82. The molecule has 0 N–H and O–H groups in total. The summed E-state index contributed by atoms with van der Waals surface area (Å²) in [6.45, 7) is 9.00. The summed E-state index contributed by atoms with van der Waals surface area (Å²) >= 11 is 6.03. The smallest absolute Gasteiger partial charge is 0.178 e. The number of halogens is 1. The number of hydrogen-bond acceptors (Lipinski definition) is 2. The molecule has 0 spiro atoms. The van der Waals surface area contributed by atoms with E-state index in [2.05, 4.69) is 39.8 Å². The third-order valence-corrected chi connectivity index (χ3v) is 9.06. The maximum absolute atomic E-state index is 12.9. The summed E-state index contributed by atoms with van der Waals surface area (Å²) in [5.41, 5.74) is 2.25. The third-order valence-electron chi connectivity index (χ3n) is 8.82. The normalized spacial score (nSPS) is 46.8. The Morgan fingerprint density at radius 2 is 2.04 bits per heavy atom. The van der Waals surface area contributed by atoms with Crippen molar-refractivity contribution in [2.75, 3.05) is 5.88 Å². The molecule has 2 fully saturated rings. The van der Waals surface area contributed by atoms with Gasteiger partial charge in [-0.1, -0.05) is 44.1 Å². The lowest BCUT2D eigenvalue weighted by Gasteiger charge is -2.54. The highest BCUT2D eigenvalue weighted by Crippen LogP contribution is 2.69. The molecule has 0 saturated heterocycles. The van der Waals surface area contributed by atoms with E-state index in [1.807, 2.05) is 6.08 Å². The summed E-state index contributed by atoms with van der Waals surface area (Å²) in [6.07, 6.45) is 12.2. The van der Waals surface area contributed by atoms with Crippen LogP contribution < -0.4 is 0 Å². The molecule has 0 radical (unpaired) electrons. The maximum atomic E-state index is 12.9. The number of alkyl halides is 1. The molecule has 4 aliphatic rings. The lowest BCUT2D eigenvalue weighted by Crippen LogP contribution is -2.50. The minimum absolute atomic E-state index is 0.0294. The first-order valence-electron chi connectivity index (χ1n) is 9.92. The summed E-state index contributed by atoms with van der Waals surface area (Å²) in [4.78, 5) is 24.7. The van der Waals surface area contributed by atoms with Crippen LogP contribution in [0.15, 0.2) is 35.5 Å². The van der Waals surface area contributed by atoms with E-state index in [0.717, 1.165) is 25.7 Å². The fourth-order valence-corrected chi connectivity index (χ4v) is 7.10. The molecular formula is C23H29ClO2. The number of Topliss-reactive ketones (excluding diaryl/α,β-unsaturated/α-hetero) is 1. The highest BCUT2D eigenvalue weighted by Gasteiger charge is 2.64. The zero-order chi connectivity index (χ0) is 18.9. The Morgan fingerprint density at radius 3 is 2.73 bits per heavy atom. The topological polar surface area (TPSA) is 34.1 Å². The number of allylic oxidation sites excluding steroid dienone is 6. The van der Waals surface area contributed by atoms with E-state index in [-0.39, 0.29) is 33.7 Å². The van der Waals surface area contributed by atoms with Gasteiger partial charge in [0.05, 0.1) is 5.88 Å². The summed E-state index contributed by atoms with van der Waals surface area (Å²) in [6, 6.07) is 0. The van der Waals surface area contributed by atoms with Crippen molar-refractivity contribution in [3.8, 4) is 0 Å². The zero-order valence-corrected chi connectivity index (χ0v) is 17.0. The van der Waals surface area contributed by atoms with Gasteiger partial charge < -0.3 is 0 Å². The summed E-state index contributed by atoms with van der Waals surface area (Å²) < 4.78 is 0. The molecule has 0 heterocycles. The van der Waals surface area contributed by atoms with Crippen molar-refractivity contribution in [3.05, 3.63) is 35.5 Å². The highest BCUT2D eigenvalue weighted by atomic mass is 35.5. The van der Waals surface area contributed by atoms with E-state index in [9.17, 15) is 9.59 Å². The van der Waals surface area contributed by atoms with Gasteiger partial charge in [-0.05, 0) is 67.9 Å². The summed E-state index contributed by atoms with van der Waals surface area (Å²) in [5.74, 6) is 1.80. The van der Waals surface area contributed by atoms with Gasteiger partial charge >= 0.3 is 0 Å². The van der Waals surface area contributed by atoms with Crippen LogP contribution >= 0.6 is 11.6 Å². The van der Waals surface area contributed by atoms with E-state index in [0.29, 0.717) is 17.8 Å². The van der Waals surface area contributed by atoms with Crippen LogP contribution in [0.3, 0.4) is 0 Å². The van der Waals surface area contributed by atoms with Crippen LogP contribution in [0.5, 0.6) is 0 Å². The monoisotopic (exact) mass is 372 g/mol. The molecule has 3 heteroatoms. The number of fused-ring (bicyclic) bond motifs is 5. The van der Waals surface area contributed by atoms with Gasteiger partial charge in [0, 0.05) is 10.8 Å². The first-order chi connectivity index (χ1) is 12.2. The first-order valence-corrected chi connectivity index (χ1v) is 10.5. The van der Waals surface area contributed by atoms with Gasteiger partial charge in [0.1, 0.15) is 0 Å². The molecule has 2 nitrogen and oxygen atoms in total. The van der Waals surface area contributed by atoms with Crippen LogP contribution in [0.4, 0.5) is 0 Å². The minimum atomic E-state index is -0.350. The number of carbonyl (C=O) groups is 2. The average Bonchev–Trinajstić information content (AvgIpc) is 2.83. The van der Waals surface area contributed by atoms with Crippen LogP contribution in [0.25, 0.3) is 0 Å². The standard InChI is InChI=1S/C23H29ClO2/c1-14-11-19-17-6-5-15-12-16(25)7-9-21(15,2)18(17)8-10-22(19,3)23(14,4)20(26)13-24/h7-9,12,14,17,19H,5-6,10-11,13H2,1-4H3/t14?,17-,19+,21+,22+,23-/m1/s1. The molecule has 4 rings (SSSR count). The largest absolute Gasteiger partial charge is 0.298 e. The Bertz CT molecular complexity index is 775. The van der Waals surface area contributed by atoms with Gasteiger partial charge in [-0.15, -0.1) is 11.6 Å². The Balaban J connectivity index is 1.79. The Labute approximate surface area is 161 Å². The second-order valence-corrected chi connectivity index (χ2v) is 9.80. The van der Waals surface area contributed by atoms with Gasteiger partial charge in [-0.2, -0.15) is 0 Å². The molecule has 6 atom stereocenters. The van der Waals surface area contributed by atoms with E-state index in [4.69, 9.17) is 11.6 Å². The van der Waals surface area contributed by atoms with E-state index < -0.39 is 0 Å². The molecule has 0 aromatic heterocycles. The van der Waals surface area contributed by atoms with Gasteiger partial charge in [0.25, 0.3) is 0 Å². The molecule has 0 bridgehead atoms. The van der Waals surface area contributed by atoms with Crippen molar-refractivity contribution in [1.82, 2.24) is 0 Å². The molecule has 2 saturated carbocycles. The van der Waals surface area contributed by atoms with Crippen LogP contribution in [0.2, 0.25) is 0 Å². The molecule has 140 valence electrons. The first kappa shape index (κ1) is 18.2. The van der Waals surface area contributed by atoms with Crippen molar-refractivity contribution in [2.24, 2.45) is 34.0 Å². The van der Waals surface area contributed by atoms with Crippen LogP contribution in [-0.2, 0) is 9.59 Å².